The van der Waals surface area contributed by atoms with Crippen molar-refractivity contribution in [2.45, 2.75) is 122 Å². The lowest BCUT2D eigenvalue weighted by Crippen LogP contribution is -2.59. The Hall–Kier alpha value is -1.06. The van der Waals surface area contributed by atoms with Crippen molar-refractivity contribution in [3.63, 3.8) is 0 Å². The van der Waals surface area contributed by atoms with Crippen LogP contribution in [0.1, 0.15) is 117 Å². The minimum atomic E-state index is -0.0615. The average molecular weight is 404 g/mol. The first-order valence-electron chi connectivity index (χ1n) is 12.0. The highest BCUT2D eigenvalue weighted by atomic mass is 16.7. The number of nitrogens with zero attached hydrogens (tertiary/aromatic N) is 1. The van der Waals surface area contributed by atoms with Gasteiger partial charge in [0.15, 0.2) is 0 Å². The van der Waals surface area contributed by atoms with Crippen LogP contribution in [-0.2, 0) is 4.84 Å². The smallest absolute Gasteiger partial charge is 0.119 e. The minimum Gasteiger partial charge on any atom is -0.508 e. The lowest BCUT2D eigenvalue weighted by molar-refractivity contribution is -0.283. The molecule has 0 atom stereocenters. The summed E-state index contributed by atoms with van der Waals surface area (Å²) in [4.78, 5) is 6.36. The molecule has 3 heteroatoms. The fraction of sp³-hybridized carbons (Fsp3) is 0.769. The Kier molecular flexibility index (Phi) is 9.49. The van der Waals surface area contributed by atoms with Crippen LogP contribution in [0.4, 0.5) is 0 Å². The highest BCUT2D eigenvalue weighted by Crippen LogP contribution is 2.47. The summed E-state index contributed by atoms with van der Waals surface area (Å²) < 4.78 is 0. The molecule has 0 radical (unpaired) electrons. The molecule has 29 heavy (non-hydrogen) atoms. The maximum atomic E-state index is 10.3. The number of rotatable bonds is 12. The van der Waals surface area contributed by atoms with Crippen LogP contribution in [-0.4, -0.2) is 27.9 Å². The first-order valence-corrected chi connectivity index (χ1v) is 12.0. The Balaban J connectivity index is 1.77. The largest absolute Gasteiger partial charge is 0.508 e. The molecule has 0 aromatic heterocycles. The van der Waals surface area contributed by atoms with Crippen molar-refractivity contribution >= 4 is 0 Å². The summed E-state index contributed by atoms with van der Waals surface area (Å²) in [6, 6.07) is 7.81. The summed E-state index contributed by atoms with van der Waals surface area (Å²) >= 11 is 0. The molecule has 0 spiro atoms. The minimum absolute atomic E-state index is 0.0615. The van der Waals surface area contributed by atoms with Gasteiger partial charge in [0.1, 0.15) is 5.75 Å². The van der Waals surface area contributed by atoms with Gasteiger partial charge in [-0.25, -0.2) is 0 Å². The van der Waals surface area contributed by atoms with Crippen molar-refractivity contribution in [3.05, 3.63) is 29.8 Å². The molecule has 0 saturated carbocycles. The third-order valence-corrected chi connectivity index (χ3v) is 6.44. The summed E-state index contributed by atoms with van der Waals surface area (Å²) in [7, 11) is 0. The molecule has 1 saturated heterocycles. The highest BCUT2D eigenvalue weighted by Gasteiger charge is 2.47. The topological polar surface area (TPSA) is 32.7 Å². The van der Waals surface area contributed by atoms with Crippen LogP contribution >= 0.6 is 0 Å². The molecule has 166 valence electrons. The zero-order valence-corrected chi connectivity index (χ0v) is 19.7. The standard InChI is InChI=1S/C26H45NO2/c1-6-7-8-9-10-11-12-13-16-19-29-27-25(2,3)20-22(21-26(27,4)5)23-17-14-15-18-24(23)28/h14-15,17-18,22,28H,6-13,16,19-21H2,1-5H3. The van der Waals surface area contributed by atoms with Gasteiger partial charge in [-0.3, -0.25) is 4.84 Å². The quantitative estimate of drug-likeness (QED) is 0.365. The number of hydrogen-bond donors (Lipinski definition) is 1. The van der Waals surface area contributed by atoms with E-state index in [0.29, 0.717) is 11.7 Å². The molecule has 3 nitrogen and oxygen atoms in total. The summed E-state index contributed by atoms with van der Waals surface area (Å²) in [5.41, 5.74) is 0.953. The molecular weight excluding hydrogens is 358 g/mol. The monoisotopic (exact) mass is 403 g/mol. The van der Waals surface area contributed by atoms with Gasteiger partial charge < -0.3 is 5.11 Å². The lowest BCUT2D eigenvalue weighted by atomic mass is 9.72. The van der Waals surface area contributed by atoms with E-state index in [4.69, 9.17) is 4.84 Å². The number of phenolic OH excluding ortho intramolecular Hbond substituents is 1. The van der Waals surface area contributed by atoms with Crippen molar-refractivity contribution in [2.24, 2.45) is 0 Å². The van der Waals surface area contributed by atoms with Crippen molar-refractivity contribution in [1.29, 1.82) is 0 Å². The number of aromatic hydroxyl groups is 1. The first kappa shape index (κ1) is 24.2. The van der Waals surface area contributed by atoms with Gasteiger partial charge in [0.25, 0.3) is 0 Å². The molecule has 0 aliphatic carbocycles. The lowest BCUT2D eigenvalue weighted by Gasteiger charge is -2.54. The summed E-state index contributed by atoms with van der Waals surface area (Å²) in [6.45, 7) is 12.2. The Morgan fingerprint density at radius 1 is 0.862 bits per heavy atom. The predicted octanol–water partition coefficient (Wildman–Crippen LogP) is 7.59. The van der Waals surface area contributed by atoms with E-state index in [2.05, 4.69) is 45.7 Å². The molecule has 1 aliphatic rings. The number of phenols is 1. The first-order chi connectivity index (χ1) is 13.8. The Labute approximate surface area is 179 Å². The number of unbranched alkanes of at least 4 members (excludes halogenated alkanes) is 8. The van der Waals surface area contributed by atoms with Gasteiger partial charge >= 0.3 is 0 Å². The van der Waals surface area contributed by atoms with Crippen molar-refractivity contribution in [2.75, 3.05) is 6.61 Å². The highest BCUT2D eigenvalue weighted by molar-refractivity contribution is 5.36. The van der Waals surface area contributed by atoms with Crippen LogP contribution in [0.15, 0.2) is 24.3 Å². The van der Waals surface area contributed by atoms with Crippen LogP contribution in [0.2, 0.25) is 0 Å². The van der Waals surface area contributed by atoms with Gasteiger partial charge in [0.2, 0.25) is 0 Å². The molecule has 1 aromatic carbocycles. The van der Waals surface area contributed by atoms with E-state index in [1.165, 1.54) is 51.4 Å². The van der Waals surface area contributed by atoms with Crippen LogP contribution in [0, 0.1) is 0 Å². The predicted molar refractivity (Wildman–Crippen MR) is 123 cm³/mol. The molecule has 0 amide bonds. The van der Waals surface area contributed by atoms with E-state index in [-0.39, 0.29) is 11.1 Å². The summed E-state index contributed by atoms with van der Waals surface area (Å²) in [5, 5.41) is 12.6. The van der Waals surface area contributed by atoms with Crippen LogP contribution in [0.3, 0.4) is 0 Å². The average Bonchev–Trinajstić information content (AvgIpc) is 2.64. The zero-order valence-electron chi connectivity index (χ0n) is 19.7. The van der Waals surface area contributed by atoms with E-state index in [1.54, 1.807) is 0 Å². The molecule has 1 heterocycles. The number of hydrogen-bond acceptors (Lipinski definition) is 3. The third kappa shape index (κ3) is 7.29. The van der Waals surface area contributed by atoms with Gasteiger partial charge in [0, 0.05) is 11.1 Å². The van der Waals surface area contributed by atoms with E-state index < -0.39 is 0 Å². The number of benzene rings is 1. The SMILES string of the molecule is CCCCCCCCCCCON1C(C)(C)CC(c2ccccc2O)CC1(C)C. The third-order valence-electron chi connectivity index (χ3n) is 6.44. The fourth-order valence-corrected chi connectivity index (χ4v) is 5.23. The van der Waals surface area contributed by atoms with Gasteiger partial charge in [-0.2, -0.15) is 5.06 Å². The second-order valence-corrected chi connectivity index (χ2v) is 10.2. The van der Waals surface area contributed by atoms with Gasteiger partial charge in [0.05, 0.1) is 6.61 Å². The van der Waals surface area contributed by atoms with E-state index in [0.717, 1.165) is 31.4 Å². The molecule has 1 N–H and O–H groups in total. The normalized spacial score (nSPS) is 19.5. The van der Waals surface area contributed by atoms with Gasteiger partial charge in [-0.15, -0.1) is 0 Å². The van der Waals surface area contributed by atoms with Crippen molar-refractivity contribution in [1.82, 2.24) is 5.06 Å². The Morgan fingerprint density at radius 2 is 1.38 bits per heavy atom. The molecule has 1 aromatic rings. The van der Waals surface area contributed by atoms with E-state index in [9.17, 15) is 5.11 Å². The van der Waals surface area contributed by atoms with Crippen LogP contribution in [0.25, 0.3) is 0 Å². The van der Waals surface area contributed by atoms with Gasteiger partial charge in [-0.1, -0.05) is 76.5 Å². The second-order valence-electron chi connectivity index (χ2n) is 10.2. The van der Waals surface area contributed by atoms with Crippen LogP contribution < -0.4 is 0 Å². The molecule has 0 unspecified atom stereocenters. The molecule has 2 rings (SSSR count). The van der Waals surface area contributed by atoms with E-state index >= 15 is 0 Å². The second kappa shape index (κ2) is 11.4. The maximum Gasteiger partial charge on any atom is 0.119 e. The Bertz CT molecular complexity index is 578. The number of hydroxylamine groups is 2. The molecule has 1 fully saturated rings. The summed E-state index contributed by atoms with van der Waals surface area (Å²) in [5.74, 6) is 0.780. The Morgan fingerprint density at radius 3 is 1.93 bits per heavy atom. The van der Waals surface area contributed by atoms with Crippen LogP contribution in [0.5, 0.6) is 5.75 Å². The molecule has 0 bridgehead atoms. The number of piperidine rings is 1. The van der Waals surface area contributed by atoms with Crippen molar-refractivity contribution < 1.29 is 9.94 Å². The zero-order chi connectivity index (χ0) is 21.3. The molecule has 1 aliphatic heterocycles. The van der Waals surface area contributed by atoms with Crippen molar-refractivity contribution in [3.8, 4) is 5.75 Å². The van der Waals surface area contributed by atoms with E-state index in [1.807, 2.05) is 18.2 Å². The number of para-hydroxylation sites is 1. The summed E-state index contributed by atoms with van der Waals surface area (Å²) in [6.07, 6.45) is 14.0. The fourth-order valence-electron chi connectivity index (χ4n) is 5.23. The molecular formula is C26H45NO2. The van der Waals surface area contributed by atoms with Gasteiger partial charge in [-0.05, 0) is 64.5 Å². The maximum absolute atomic E-state index is 10.3.